The van der Waals surface area contributed by atoms with Gasteiger partial charge in [0.1, 0.15) is 0 Å². The maximum atomic E-state index is 5.26. The molecule has 12 heavy (non-hydrogen) atoms. The van der Waals surface area contributed by atoms with Crippen LogP contribution in [0.2, 0.25) is 0 Å². The lowest BCUT2D eigenvalue weighted by molar-refractivity contribution is 1.04. The maximum Gasteiger partial charge on any atom is 0.196 e. The smallest absolute Gasteiger partial charge is 0.196 e. The minimum absolute atomic E-state index is 0. The highest BCUT2D eigenvalue weighted by molar-refractivity contribution is 5.96. The van der Waals surface area contributed by atoms with Gasteiger partial charge in [0.05, 0.1) is 6.67 Å². The minimum Gasteiger partial charge on any atom is -0.370 e. The third-order valence-corrected chi connectivity index (χ3v) is 0.759. The Kier molecular flexibility index (Phi) is 13.7. The zero-order chi connectivity index (χ0) is 7.98. The minimum atomic E-state index is 0. The zero-order valence-electron chi connectivity index (χ0n) is 5.83. The average molecular weight is 176 g/mol. The van der Waals surface area contributed by atoms with Crippen molar-refractivity contribution in [1.82, 2.24) is 5.32 Å². The predicted molar refractivity (Wildman–Crippen MR) is 54.8 cm³/mol. The Morgan fingerprint density at radius 1 is 1.25 bits per heavy atom. The van der Waals surface area contributed by atoms with Gasteiger partial charge in [0, 0.05) is 7.05 Å². The Bertz CT molecular complexity index is 150. The standard InChI is InChI=1S/C4H12N6.2CH4/c1-8-3(6)10-4(7)9-2-5;;/h2,5H2,1H3,(H5,6,7,8,9,10);2*1H4. The van der Waals surface area contributed by atoms with Crippen molar-refractivity contribution < 1.29 is 0 Å². The fourth-order valence-corrected chi connectivity index (χ4v) is 0.325. The van der Waals surface area contributed by atoms with E-state index >= 15 is 0 Å². The van der Waals surface area contributed by atoms with E-state index in [4.69, 9.17) is 17.2 Å². The van der Waals surface area contributed by atoms with Crippen molar-refractivity contribution in [2.45, 2.75) is 14.9 Å². The van der Waals surface area contributed by atoms with Gasteiger partial charge in [0.2, 0.25) is 0 Å². The lowest BCUT2D eigenvalue weighted by Crippen LogP contribution is -2.41. The number of nitrogens with two attached hydrogens (primary N) is 3. The van der Waals surface area contributed by atoms with Crippen molar-refractivity contribution in [2.24, 2.45) is 27.2 Å². The molecule has 0 aliphatic rings. The molecule has 0 rings (SSSR count). The molecule has 0 heterocycles. The van der Waals surface area contributed by atoms with Gasteiger partial charge in [-0.25, -0.2) is 4.99 Å². The van der Waals surface area contributed by atoms with E-state index in [-0.39, 0.29) is 33.4 Å². The van der Waals surface area contributed by atoms with Crippen molar-refractivity contribution in [2.75, 3.05) is 13.7 Å². The molecule has 0 aromatic carbocycles. The van der Waals surface area contributed by atoms with Crippen LogP contribution < -0.4 is 22.5 Å². The van der Waals surface area contributed by atoms with Gasteiger partial charge in [-0.3, -0.25) is 10.3 Å². The van der Waals surface area contributed by atoms with Gasteiger partial charge in [-0.2, -0.15) is 0 Å². The summed E-state index contributed by atoms with van der Waals surface area (Å²) < 4.78 is 0. The lowest BCUT2D eigenvalue weighted by atomic mass is 10.8. The van der Waals surface area contributed by atoms with E-state index in [0.29, 0.717) is 0 Å². The first-order valence-corrected chi connectivity index (χ1v) is 2.70. The molecule has 0 aliphatic heterocycles. The molecule has 6 nitrogen and oxygen atoms in total. The maximum absolute atomic E-state index is 5.26. The van der Waals surface area contributed by atoms with E-state index in [1.807, 2.05) is 0 Å². The first kappa shape index (κ1) is 17.0. The van der Waals surface area contributed by atoms with E-state index in [2.05, 4.69) is 15.3 Å². The highest BCUT2D eigenvalue weighted by atomic mass is 15.2. The molecular formula is C6H20N6. The van der Waals surface area contributed by atoms with Gasteiger partial charge in [-0.05, 0) is 0 Å². The molecule has 0 unspecified atom stereocenters. The fraction of sp³-hybridized carbons (Fsp3) is 0.667. The third kappa shape index (κ3) is 8.70. The average Bonchev–Trinajstić information content (AvgIpc) is 1.88. The van der Waals surface area contributed by atoms with Crippen molar-refractivity contribution in [1.29, 1.82) is 0 Å². The Hall–Kier alpha value is -1.30. The Morgan fingerprint density at radius 2 is 1.75 bits per heavy atom. The second-order valence-corrected chi connectivity index (χ2v) is 1.46. The van der Waals surface area contributed by atoms with Gasteiger partial charge in [-0.1, -0.05) is 14.9 Å². The first-order chi connectivity index (χ1) is 4.70. The van der Waals surface area contributed by atoms with E-state index in [1.54, 1.807) is 0 Å². The number of hydrogen-bond donors (Lipinski definition) is 4. The van der Waals surface area contributed by atoms with Gasteiger partial charge < -0.3 is 17.2 Å². The van der Waals surface area contributed by atoms with Gasteiger partial charge in [0.15, 0.2) is 11.9 Å². The summed E-state index contributed by atoms with van der Waals surface area (Å²) in [6.45, 7) is 0.135. The summed E-state index contributed by atoms with van der Waals surface area (Å²) in [6.07, 6.45) is 0. The van der Waals surface area contributed by atoms with Crippen LogP contribution in [-0.4, -0.2) is 25.6 Å². The topological polar surface area (TPSA) is 115 Å². The van der Waals surface area contributed by atoms with Crippen LogP contribution in [0.5, 0.6) is 0 Å². The highest BCUT2D eigenvalue weighted by Crippen LogP contribution is 1.61. The largest absolute Gasteiger partial charge is 0.370 e. The SMILES string of the molecule is C.C.CN=C(N)NC(N)=NCN. The van der Waals surface area contributed by atoms with E-state index in [9.17, 15) is 0 Å². The molecule has 0 amide bonds. The zero-order valence-corrected chi connectivity index (χ0v) is 5.83. The number of nitrogens with zero attached hydrogens (tertiary/aromatic N) is 2. The van der Waals surface area contributed by atoms with Crippen molar-refractivity contribution >= 4 is 11.9 Å². The first-order valence-electron chi connectivity index (χ1n) is 2.70. The lowest BCUT2D eigenvalue weighted by Gasteiger charge is -2.01. The molecule has 0 bridgehead atoms. The van der Waals surface area contributed by atoms with Gasteiger partial charge >= 0.3 is 0 Å². The van der Waals surface area contributed by atoms with E-state index in [0.717, 1.165) is 0 Å². The highest BCUT2D eigenvalue weighted by Gasteiger charge is 1.89. The predicted octanol–water partition coefficient (Wildman–Crippen LogP) is -0.976. The molecule has 0 saturated heterocycles. The summed E-state index contributed by atoms with van der Waals surface area (Å²) in [5.74, 6) is 0.389. The van der Waals surface area contributed by atoms with Crippen molar-refractivity contribution in [3.63, 3.8) is 0 Å². The number of aliphatic imine (C=N–C) groups is 2. The summed E-state index contributed by atoms with van der Waals surface area (Å²) >= 11 is 0. The normalized spacial score (nSPS) is 11.2. The molecule has 0 aromatic rings. The summed E-state index contributed by atoms with van der Waals surface area (Å²) in [6, 6.07) is 0. The molecular weight excluding hydrogens is 156 g/mol. The van der Waals surface area contributed by atoms with Crippen LogP contribution in [0.3, 0.4) is 0 Å². The molecule has 0 radical (unpaired) electrons. The molecule has 0 aromatic heterocycles. The number of rotatable bonds is 1. The monoisotopic (exact) mass is 176 g/mol. The number of nitrogens with one attached hydrogen (secondary N) is 1. The second kappa shape index (κ2) is 9.70. The van der Waals surface area contributed by atoms with Crippen LogP contribution >= 0.6 is 0 Å². The third-order valence-electron chi connectivity index (χ3n) is 0.759. The number of guanidine groups is 2. The van der Waals surface area contributed by atoms with Crippen LogP contribution in [0.25, 0.3) is 0 Å². The molecule has 74 valence electrons. The molecule has 6 heteroatoms. The summed E-state index contributed by atoms with van der Waals surface area (Å²) in [5.41, 5.74) is 15.6. The Balaban J connectivity index is -0.000000405. The van der Waals surface area contributed by atoms with Crippen molar-refractivity contribution in [3.8, 4) is 0 Å². The summed E-state index contributed by atoms with van der Waals surface area (Å²) in [7, 11) is 1.54. The Morgan fingerprint density at radius 3 is 2.08 bits per heavy atom. The fourth-order valence-electron chi connectivity index (χ4n) is 0.325. The molecule has 0 aliphatic carbocycles. The second-order valence-electron chi connectivity index (χ2n) is 1.46. The summed E-state index contributed by atoms with van der Waals surface area (Å²) in [4.78, 5) is 7.21. The van der Waals surface area contributed by atoms with E-state index in [1.165, 1.54) is 7.05 Å². The van der Waals surface area contributed by atoms with Gasteiger partial charge in [0.25, 0.3) is 0 Å². The quantitative estimate of drug-likeness (QED) is 0.304. The van der Waals surface area contributed by atoms with Gasteiger partial charge in [-0.15, -0.1) is 0 Å². The van der Waals surface area contributed by atoms with E-state index < -0.39 is 0 Å². The van der Waals surface area contributed by atoms with Crippen LogP contribution in [0.4, 0.5) is 0 Å². The van der Waals surface area contributed by atoms with Crippen molar-refractivity contribution in [3.05, 3.63) is 0 Å². The summed E-state index contributed by atoms with van der Waals surface area (Å²) in [5, 5.41) is 2.51. The molecule has 7 N–H and O–H groups in total. The molecule has 0 fully saturated rings. The molecule has 0 atom stereocenters. The molecule has 0 saturated carbocycles. The van der Waals surface area contributed by atoms with Crippen LogP contribution in [0, 0.1) is 0 Å². The van der Waals surface area contributed by atoms with Crippen LogP contribution in [0.1, 0.15) is 14.9 Å². The Labute approximate surface area is 73.9 Å². The van der Waals surface area contributed by atoms with Crippen LogP contribution in [-0.2, 0) is 0 Å². The molecule has 0 spiro atoms. The van der Waals surface area contributed by atoms with Crippen LogP contribution in [0.15, 0.2) is 9.98 Å². The number of hydrogen-bond acceptors (Lipinski definition) is 3.